The summed E-state index contributed by atoms with van der Waals surface area (Å²) in [6.07, 6.45) is -0.700. The molecule has 1 heterocycles. The number of ether oxygens (including phenoxy) is 2. The number of benzene rings is 2. The Balaban J connectivity index is 1.66. The van der Waals surface area contributed by atoms with Crippen LogP contribution in [0.2, 0.25) is 0 Å². The zero-order valence-corrected chi connectivity index (χ0v) is 15.5. The maximum absolute atomic E-state index is 12.3. The minimum absolute atomic E-state index is 0.0398. The third-order valence-corrected chi connectivity index (χ3v) is 4.60. The van der Waals surface area contributed by atoms with Gasteiger partial charge in [0.2, 0.25) is 0 Å². The molecule has 2 amide bonds. The van der Waals surface area contributed by atoms with Gasteiger partial charge < -0.3 is 20.5 Å². The molecule has 1 aliphatic rings. The predicted molar refractivity (Wildman–Crippen MR) is 102 cm³/mol. The summed E-state index contributed by atoms with van der Waals surface area (Å²) >= 11 is 0. The molecular formula is C21H24N2O4. The summed E-state index contributed by atoms with van der Waals surface area (Å²) in [6, 6.07) is 14.8. The summed E-state index contributed by atoms with van der Waals surface area (Å²) in [7, 11) is 0. The molecule has 1 aliphatic heterocycles. The van der Waals surface area contributed by atoms with E-state index < -0.39 is 12.0 Å². The third-order valence-electron chi connectivity index (χ3n) is 4.60. The Bertz CT molecular complexity index is 828. The second kappa shape index (κ2) is 7.80. The van der Waals surface area contributed by atoms with Gasteiger partial charge in [0.25, 0.3) is 11.8 Å². The van der Waals surface area contributed by atoms with E-state index in [4.69, 9.17) is 15.2 Å². The van der Waals surface area contributed by atoms with E-state index in [1.165, 1.54) is 0 Å². The molecular weight excluding hydrogens is 344 g/mol. The van der Waals surface area contributed by atoms with E-state index in [1.54, 1.807) is 25.1 Å². The summed E-state index contributed by atoms with van der Waals surface area (Å²) in [5.41, 5.74) is 7.76. The Kier molecular flexibility index (Phi) is 5.46. The fourth-order valence-electron chi connectivity index (χ4n) is 2.77. The smallest absolute Gasteiger partial charge is 0.258 e. The van der Waals surface area contributed by atoms with Crippen molar-refractivity contribution in [3.8, 4) is 16.9 Å². The molecule has 0 aromatic heterocycles. The van der Waals surface area contributed by atoms with Crippen molar-refractivity contribution < 1.29 is 19.1 Å². The lowest BCUT2D eigenvalue weighted by Crippen LogP contribution is -2.48. The predicted octanol–water partition coefficient (Wildman–Crippen LogP) is 2.37. The van der Waals surface area contributed by atoms with Crippen molar-refractivity contribution in [3.05, 3.63) is 54.1 Å². The van der Waals surface area contributed by atoms with E-state index in [0.717, 1.165) is 11.1 Å². The van der Waals surface area contributed by atoms with E-state index in [-0.39, 0.29) is 11.3 Å². The van der Waals surface area contributed by atoms with Crippen molar-refractivity contribution in [2.45, 2.75) is 20.0 Å². The van der Waals surface area contributed by atoms with E-state index >= 15 is 0 Å². The topological polar surface area (TPSA) is 90.7 Å². The average molecular weight is 368 g/mol. The fourth-order valence-corrected chi connectivity index (χ4v) is 2.77. The van der Waals surface area contributed by atoms with Gasteiger partial charge >= 0.3 is 0 Å². The van der Waals surface area contributed by atoms with Gasteiger partial charge in [-0.05, 0) is 42.3 Å². The minimum Gasteiger partial charge on any atom is -0.481 e. The molecule has 6 nitrogen and oxygen atoms in total. The lowest BCUT2D eigenvalue weighted by atomic mass is 9.88. The molecule has 0 aliphatic carbocycles. The molecule has 2 aromatic carbocycles. The van der Waals surface area contributed by atoms with Crippen molar-refractivity contribution in [1.82, 2.24) is 5.32 Å². The third kappa shape index (κ3) is 4.65. The molecule has 3 rings (SSSR count). The van der Waals surface area contributed by atoms with Crippen LogP contribution in [0, 0.1) is 5.41 Å². The first-order valence-corrected chi connectivity index (χ1v) is 8.89. The van der Waals surface area contributed by atoms with Crippen molar-refractivity contribution >= 4 is 11.8 Å². The maximum atomic E-state index is 12.3. The highest BCUT2D eigenvalue weighted by atomic mass is 16.5. The SMILES string of the molecule is C[C@H](Oc1cccc(-c2ccc(C(=O)NCC3(C)COC3)cc2)c1)C(N)=O. The average Bonchev–Trinajstić information content (AvgIpc) is 2.65. The largest absolute Gasteiger partial charge is 0.481 e. The van der Waals surface area contributed by atoms with Crippen LogP contribution in [-0.2, 0) is 9.53 Å². The first-order valence-electron chi connectivity index (χ1n) is 8.89. The van der Waals surface area contributed by atoms with Crippen molar-refractivity contribution in [1.29, 1.82) is 0 Å². The van der Waals surface area contributed by atoms with Crippen LogP contribution >= 0.6 is 0 Å². The van der Waals surface area contributed by atoms with Gasteiger partial charge in [-0.25, -0.2) is 0 Å². The maximum Gasteiger partial charge on any atom is 0.258 e. The Labute approximate surface area is 158 Å². The monoisotopic (exact) mass is 368 g/mol. The summed E-state index contributed by atoms with van der Waals surface area (Å²) in [6.45, 7) is 5.66. The van der Waals surface area contributed by atoms with Crippen LogP contribution in [0.25, 0.3) is 11.1 Å². The molecule has 0 spiro atoms. The van der Waals surface area contributed by atoms with Crippen molar-refractivity contribution in [3.63, 3.8) is 0 Å². The molecule has 2 aromatic rings. The molecule has 3 N–H and O–H groups in total. The van der Waals surface area contributed by atoms with Gasteiger partial charge in [0.1, 0.15) is 5.75 Å². The second-order valence-corrected chi connectivity index (χ2v) is 7.25. The Morgan fingerprint density at radius 1 is 1.19 bits per heavy atom. The number of amides is 2. The minimum atomic E-state index is -0.700. The molecule has 6 heteroatoms. The number of carbonyl (C=O) groups is 2. The zero-order valence-electron chi connectivity index (χ0n) is 15.5. The second-order valence-electron chi connectivity index (χ2n) is 7.25. The van der Waals surface area contributed by atoms with Crippen molar-refractivity contribution in [2.75, 3.05) is 19.8 Å². The highest BCUT2D eigenvalue weighted by Crippen LogP contribution is 2.26. The quantitative estimate of drug-likeness (QED) is 0.785. The van der Waals surface area contributed by atoms with Gasteiger partial charge in [0, 0.05) is 17.5 Å². The molecule has 0 unspecified atom stereocenters. The zero-order chi connectivity index (χ0) is 19.4. The number of carbonyl (C=O) groups excluding carboxylic acids is 2. The molecule has 27 heavy (non-hydrogen) atoms. The molecule has 1 fully saturated rings. The van der Waals surface area contributed by atoms with Crippen LogP contribution in [0.15, 0.2) is 48.5 Å². The highest BCUT2D eigenvalue weighted by molar-refractivity contribution is 5.94. The van der Waals surface area contributed by atoms with E-state index in [9.17, 15) is 9.59 Å². The summed E-state index contributed by atoms with van der Waals surface area (Å²) in [4.78, 5) is 23.5. The number of primary amides is 1. The van der Waals surface area contributed by atoms with E-state index in [0.29, 0.717) is 31.1 Å². The van der Waals surface area contributed by atoms with Crippen LogP contribution in [0.4, 0.5) is 0 Å². The van der Waals surface area contributed by atoms with Gasteiger partial charge in [-0.1, -0.05) is 31.2 Å². The highest BCUT2D eigenvalue weighted by Gasteiger charge is 2.33. The Morgan fingerprint density at radius 2 is 1.89 bits per heavy atom. The number of rotatable bonds is 7. The molecule has 0 radical (unpaired) electrons. The van der Waals surface area contributed by atoms with Gasteiger partial charge in [-0.3, -0.25) is 9.59 Å². The number of nitrogens with one attached hydrogen (secondary N) is 1. The lowest BCUT2D eigenvalue weighted by molar-refractivity contribution is -0.123. The molecule has 0 saturated carbocycles. The standard InChI is InChI=1S/C21H24N2O4/c1-14(19(22)24)27-18-5-3-4-17(10-18)15-6-8-16(9-7-15)20(25)23-11-21(2)12-26-13-21/h3-10,14H,11-13H2,1-2H3,(H2,22,24)(H,23,25)/t14-/m0/s1. The van der Waals surface area contributed by atoms with Gasteiger partial charge in [-0.15, -0.1) is 0 Å². The first kappa shape index (κ1) is 18.9. The first-order chi connectivity index (χ1) is 12.9. The van der Waals surface area contributed by atoms with Gasteiger partial charge in [0.15, 0.2) is 6.10 Å². The van der Waals surface area contributed by atoms with Crippen LogP contribution in [0.3, 0.4) is 0 Å². The van der Waals surface area contributed by atoms with Gasteiger partial charge in [-0.2, -0.15) is 0 Å². The van der Waals surface area contributed by atoms with Crippen LogP contribution < -0.4 is 15.8 Å². The normalized spacial score (nSPS) is 16.1. The van der Waals surface area contributed by atoms with Gasteiger partial charge in [0.05, 0.1) is 13.2 Å². The Hall–Kier alpha value is -2.86. The van der Waals surface area contributed by atoms with E-state index in [1.807, 2.05) is 30.3 Å². The van der Waals surface area contributed by atoms with E-state index in [2.05, 4.69) is 12.2 Å². The number of nitrogens with two attached hydrogens (primary N) is 1. The Morgan fingerprint density at radius 3 is 2.48 bits per heavy atom. The molecule has 142 valence electrons. The summed E-state index contributed by atoms with van der Waals surface area (Å²) in [5.74, 6) is -0.0447. The molecule has 1 saturated heterocycles. The van der Waals surface area contributed by atoms with Crippen LogP contribution in [-0.4, -0.2) is 37.7 Å². The van der Waals surface area contributed by atoms with Crippen LogP contribution in [0.5, 0.6) is 5.75 Å². The van der Waals surface area contributed by atoms with Crippen molar-refractivity contribution in [2.24, 2.45) is 11.1 Å². The molecule has 0 bridgehead atoms. The summed E-state index contributed by atoms with van der Waals surface area (Å²) < 4.78 is 10.7. The molecule has 1 atom stereocenters. The van der Waals surface area contributed by atoms with Crippen LogP contribution in [0.1, 0.15) is 24.2 Å². The fraction of sp³-hybridized carbons (Fsp3) is 0.333. The lowest BCUT2D eigenvalue weighted by Gasteiger charge is -2.38. The number of hydrogen-bond acceptors (Lipinski definition) is 4. The number of hydrogen-bond donors (Lipinski definition) is 2. The summed E-state index contributed by atoms with van der Waals surface area (Å²) in [5, 5.41) is 2.96.